The number of rotatable bonds is 4. The highest BCUT2D eigenvalue weighted by Crippen LogP contribution is 2.39. The van der Waals surface area contributed by atoms with E-state index in [1.54, 1.807) is 14.2 Å². The Morgan fingerprint density at radius 1 is 1.20 bits per heavy atom. The van der Waals surface area contributed by atoms with Crippen molar-refractivity contribution >= 4 is 16.6 Å². The number of nitrogens with zero attached hydrogens (tertiary/aromatic N) is 1. The number of nitrogens with one attached hydrogen (secondary N) is 2. The van der Waals surface area contributed by atoms with Crippen molar-refractivity contribution in [3.8, 4) is 11.5 Å². The van der Waals surface area contributed by atoms with Crippen LogP contribution in [0, 0.1) is 0 Å². The fourth-order valence-corrected chi connectivity index (χ4v) is 3.76. The smallest absolute Gasteiger partial charge is 0.162 e. The van der Waals surface area contributed by atoms with E-state index in [0.717, 1.165) is 55.6 Å². The second-order valence-electron chi connectivity index (χ2n) is 6.61. The summed E-state index contributed by atoms with van der Waals surface area (Å²) in [6.45, 7) is 3.27. The molecule has 1 aromatic heterocycles. The van der Waals surface area contributed by atoms with E-state index in [0.29, 0.717) is 12.4 Å². The largest absolute Gasteiger partial charge is 0.493 e. The standard InChI is InChI=1S/C19H25N3O3/c1-23-17-8-14-16(9-18(17)24-2)22-15-5-3-4-13(15)19(14)21-12-10-20-6-7-25-11-12/h8-9,12,20H,3-7,10-11H2,1-2H3,(H,21,22)/t12-/m0/s1. The molecule has 2 heterocycles. The summed E-state index contributed by atoms with van der Waals surface area (Å²) in [5.41, 5.74) is 4.66. The number of benzene rings is 1. The van der Waals surface area contributed by atoms with Crippen molar-refractivity contribution in [2.75, 3.05) is 45.8 Å². The molecule has 0 amide bonds. The lowest BCUT2D eigenvalue weighted by Gasteiger charge is -2.22. The lowest BCUT2D eigenvalue weighted by Crippen LogP contribution is -2.34. The predicted molar refractivity (Wildman–Crippen MR) is 98.0 cm³/mol. The van der Waals surface area contributed by atoms with Gasteiger partial charge in [0.25, 0.3) is 0 Å². The van der Waals surface area contributed by atoms with Crippen LogP contribution in [0.5, 0.6) is 11.5 Å². The molecule has 2 aromatic rings. The fourth-order valence-electron chi connectivity index (χ4n) is 3.76. The van der Waals surface area contributed by atoms with E-state index in [1.807, 2.05) is 12.1 Å². The van der Waals surface area contributed by atoms with Gasteiger partial charge in [0.2, 0.25) is 0 Å². The van der Waals surface area contributed by atoms with Crippen LogP contribution in [0.15, 0.2) is 12.1 Å². The van der Waals surface area contributed by atoms with Crippen LogP contribution in [0.2, 0.25) is 0 Å². The number of aryl methyl sites for hydroxylation is 1. The Bertz CT molecular complexity index is 770. The highest BCUT2D eigenvalue weighted by atomic mass is 16.5. The lowest BCUT2D eigenvalue weighted by atomic mass is 10.0. The SMILES string of the molecule is COc1cc2nc3c(c(N[C@H]4CNCCOC4)c2cc1OC)CCC3. The van der Waals surface area contributed by atoms with Gasteiger partial charge in [-0.15, -0.1) is 0 Å². The van der Waals surface area contributed by atoms with E-state index in [1.165, 1.54) is 16.9 Å². The maximum absolute atomic E-state index is 5.71. The molecule has 0 bridgehead atoms. The molecular weight excluding hydrogens is 318 g/mol. The van der Waals surface area contributed by atoms with Gasteiger partial charge in [0, 0.05) is 35.9 Å². The lowest BCUT2D eigenvalue weighted by molar-refractivity contribution is 0.145. The molecule has 1 aromatic carbocycles. The molecule has 134 valence electrons. The Balaban J connectivity index is 1.82. The maximum atomic E-state index is 5.71. The van der Waals surface area contributed by atoms with Crippen molar-refractivity contribution in [3.63, 3.8) is 0 Å². The predicted octanol–water partition coefficient (Wildman–Crippen LogP) is 2.14. The third kappa shape index (κ3) is 3.12. The average molecular weight is 343 g/mol. The van der Waals surface area contributed by atoms with Crippen LogP contribution < -0.4 is 20.1 Å². The van der Waals surface area contributed by atoms with Crippen LogP contribution in [0.4, 0.5) is 5.69 Å². The first-order chi connectivity index (χ1) is 12.3. The monoisotopic (exact) mass is 343 g/mol. The van der Waals surface area contributed by atoms with Gasteiger partial charge in [0.05, 0.1) is 39.0 Å². The molecule has 0 radical (unpaired) electrons. The molecule has 0 saturated carbocycles. The number of pyridine rings is 1. The zero-order valence-corrected chi connectivity index (χ0v) is 14.9. The summed E-state index contributed by atoms with van der Waals surface area (Å²) < 4.78 is 16.7. The molecule has 1 fully saturated rings. The zero-order valence-electron chi connectivity index (χ0n) is 14.9. The van der Waals surface area contributed by atoms with Gasteiger partial charge in [0.15, 0.2) is 11.5 Å². The minimum Gasteiger partial charge on any atom is -0.493 e. The van der Waals surface area contributed by atoms with Crippen molar-refractivity contribution < 1.29 is 14.2 Å². The Hall–Kier alpha value is -2.05. The second kappa shape index (κ2) is 7.06. The number of fused-ring (bicyclic) bond motifs is 2. The Labute approximate surface area is 147 Å². The van der Waals surface area contributed by atoms with Gasteiger partial charge >= 0.3 is 0 Å². The van der Waals surface area contributed by atoms with Crippen molar-refractivity contribution in [1.82, 2.24) is 10.3 Å². The zero-order chi connectivity index (χ0) is 17.2. The van der Waals surface area contributed by atoms with E-state index in [-0.39, 0.29) is 6.04 Å². The summed E-state index contributed by atoms with van der Waals surface area (Å²) in [4.78, 5) is 4.89. The highest BCUT2D eigenvalue weighted by molar-refractivity contribution is 5.96. The minimum absolute atomic E-state index is 0.242. The van der Waals surface area contributed by atoms with E-state index in [4.69, 9.17) is 19.2 Å². The molecule has 2 aliphatic rings. The van der Waals surface area contributed by atoms with E-state index in [2.05, 4.69) is 10.6 Å². The molecular formula is C19H25N3O3. The van der Waals surface area contributed by atoms with Crippen molar-refractivity contribution in [2.45, 2.75) is 25.3 Å². The molecule has 6 heteroatoms. The highest BCUT2D eigenvalue weighted by Gasteiger charge is 2.23. The molecule has 25 heavy (non-hydrogen) atoms. The van der Waals surface area contributed by atoms with Crippen LogP contribution in [0.25, 0.3) is 10.9 Å². The van der Waals surface area contributed by atoms with Gasteiger partial charge in [0.1, 0.15) is 0 Å². The van der Waals surface area contributed by atoms with Crippen molar-refractivity contribution in [3.05, 3.63) is 23.4 Å². The van der Waals surface area contributed by atoms with Gasteiger partial charge in [-0.1, -0.05) is 0 Å². The van der Waals surface area contributed by atoms with Gasteiger partial charge in [-0.2, -0.15) is 0 Å². The fraction of sp³-hybridized carbons (Fsp3) is 0.526. The molecule has 1 aliphatic carbocycles. The summed E-state index contributed by atoms with van der Waals surface area (Å²) in [5, 5.41) is 8.24. The van der Waals surface area contributed by atoms with Crippen molar-refractivity contribution in [2.24, 2.45) is 0 Å². The summed E-state index contributed by atoms with van der Waals surface area (Å²) in [5.74, 6) is 1.44. The van der Waals surface area contributed by atoms with E-state index in [9.17, 15) is 0 Å². The maximum Gasteiger partial charge on any atom is 0.162 e. The average Bonchev–Trinajstić information content (AvgIpc) is 2.95. The van der Waals surface area contributed by atoms with Gasteiger partial charge in [-0.25, -0.2) is 0 Å². The van der Waals surface area contributed by atoms with E-state index < -0.39 is 0 Å². The number of aromatic nitrogens is 1. The van der Waals surface area contributed by atoms with Gasteiger partial charge in [-0.05, 0) is 30.9 Å². The van der Waals surface area contributed by atoms with Gasteiger partial charge < -0.3 is 24.8 Å². The van der Waals surface area contributed by atoms with Crippen LogP contribution in [0.3, 0.4) is 0 Å². The quantitative estimate of drug-likeness (QED) is 0.887. The molecule has 4 rings (SSSR count). The minimum atomic E-state index is 0.242. The topological polar surface area (TPSA) is 64.6 Å². The number of hydrogen-bond donors (Lipinski definition) is 2. The first-order valence-corrected chi connectivity index (χ1v) is 8.92. The summed E-state index contributed by atoms with van der Waals surface area (Å²) in [6, 6.07) is 4.25. The summed E-state index contributed by atoms with van der Waals surface area (Å²) in [7, 11) is 3.32. The number of hydrogen-bond acceptors (Lipinski definition) is 6. The van der Waals surface area contributed by atoms with Crippen LogP contribution in [-0.2, 0) is 17.6 Å². The summed E-state index contributed by atoms with van der Waals surface area (Å²) >= 11 is 0. The molecule has 1 saturated heterocycles. The number of methoxy groups -OCH3 is 2. The van der Waals surface area contributed by atoms with Crippen LogP contribution in [0.1, 0.15) is 17.7 Å². The summed E-state index contributed by atoms with van der Waals surface area (Å²) in [6.07, 6.45) is 3.25. The third-order valence-corrected chi connectivity index (χ3v) is 5.00. The molecule has 1 atom stereocenters. The molecule has 2 N–H and O–H groups in total. The van der Waals surface area contributed by atoms with Gasteiger partial charge in [-0.3, -0.25) is 4.98 Å². The van der Waals surface area contributed by atoms with Crippen LogP contribution in [-0.4, -0.2) is 51.5 Å². The molecule has 1 aliphatic heterocycles. The third-order valence-electron chi connectivity index (χ3n) is 5.00. The second-order valence-corrected chi connectivity index (χ2v) is 6.61. The number of anilines is 1. The Morgan fingerprint density at radius 2 is 2.04 bits per heavy atom. The number of ether oxygens (including phenoxy) is 3. The van der Waals surface area contributed by atoms with Crippen LogP contribution >= 0.6 is 0 Å². The molecule has 0 spiro atoms. The molecule has 0 unspecified atom stereocenters. The normalized spacial score (nSPS) is 20.2. The molecule has 6 nitrogen and oxygen atoms in total. The Morgan fingerprint density at radius 3 is 2.88 bits per heavy atom. The first-order valence-electron chi connectivity index (χ1n) is 8.92. The van der Waals surface area contributed by atoms with Crippen molar-refractivity contribution in [1.29, 1.82) is 0 Å². The Kier molecular flexibility index (Phi) is 4.63. The van der Waals surface area contributed by atoms with E-state index >= 15 is 0 Å². The first kappa shape index (κ1) is 16.4.